The summed E-state index contributed by atoms with van der Waals surface area (Å²) in [5.74, 6) is -0.367. The van der Waals surface area contributed by atoms with Crippen molar-refractivity contribution < 1.29 is 14.3 Å². The molecular weight excluding hydrogens is 525 g/mol. The van der Waals surface area contributed by atoms with E-state index in [0.29, 0.717) is 16.3 Å². The molecule has 0 aliphatic carbocycles. The predicted octanol–water partition coefficient (Wildman–Crippen LogP) is 3.41. The van der Waals surface area contributed by atoms with Gasteiger partial charge < -0.3 is 10.5 Å². The van der Waals surface area contributed by atoms with Crippen molar-refractivity contribution in [2.45, 2.75) is 0 Å². The van der Waals surface area contributed by atoms with E-state index in [2.05, 4.69) is 47.6 Å². The molecule has 13 heteroatoms. The lowest BCUT2D eigenvalue weighted by atomic mass is 10.2. The zero-order chi connectivity index (χ0) is 23.1. The highest BCUT2D eigenvalue weighted by molar-refractivity contribution is 9.10. The van der Waals surface area contributed by atoms with Gasteiger partial charge in [-0.2, -0.15) is 0 Å². The van der Waals surface area contributed by atoms with E-state index in [1.54, 1.807) is 36.4 Å². The zero-order valence-electron chi connectivity index (χ0n) is 16.2. The monoisotopic (exact) mass is 539 g/mol. The summed E-state index contributed by atoms with van der Waals surface area (Å²) in [6, 6.07) is 11.4. The highest BCUT2D eigenvalue weighted by Gasteiger charge is 2.12. The molecule has 10 nitrogen and oxygen atoms in total. The second kappa shape index (κ2) is 10.8. The summed E-state index contributed by atoms with van der Waals surface area (Å²) >= 11 is 15.1. The summed E-state index contributed by atoms with van der Waals surface area (Å²) in [5.41, 5.74) is 16.6. The van der Waals surface area contributed by atoms with Crippen LogP contribution in [0.3, 0.4) is 0 Å². The Morgan fingerprint density at radius 2 is 1.66 bits per heavy atom. The molecule has 166 valence electrons. The Morgan fingerprint density at radius 1 is 1.00 bits per heavy atom. The van der Waals surface area contributed by atoms with Crippen molar-refractivity contribution in [3.8, 4) is 5.75 Å². The third-order valence-electron chi connectivity index (χ3n) is 3.86. The third kappa shape index (κ3) is 6.36. The van der Waals surface area contributed by atoms with Gasteiger partial charge in [-0.15, -0.1) is 0 Å². The van der Waals surface area contributed by atoms with Crippen molar-refractivity contribution >= 4 is 68.3 Å². The topological polar surface area (TPSA) is 143 Å². The zero-order valence-corrected chi connectivity index (χ0v) is 19.3. The number of hydrogen-bond acceptors (Lipinski definition) is 8. The Kier molecular flexibility index (Phi) is 7.92. The van der Waals surface area contributed by atoms with E-state index >= 15 is 0 Å². The molecule has 32 heavy (non-hydrogen) atoms. The molecule has 3 aromatic rings. The number of nitrogen functional groups attached to an aromatic ring is 1. The van der Waals surface area contributed by atoms with Gasteiger partial charge in [0, 0.05) is 15.1 Å². The van der Waals surface area contributed by atoms with Gasteiger partial charge in [0.05, 0.1) is 5.02 Å². The van der Waals surface area contributed by atoms with Crippen molar-refractivity contribution in [2.24, 2.45) is 0 Å². The van der Waals surface area contributed by atoms with Gasteiger partial charge in [-0.3, -0.25) is 31.3 Å². The Morgan fingerprint density at radius 3 is 2.31 bits per heavy atom. The van der Waals surface area contributed by atoms with E-state index in [-0.39, 0.29) is 29.0 Å². The molecule has 0 saturated carbocycles. The molecule has 2 aromatic carbocycles. The number of benzene rings is 2. The number of amides is 2. The van der Waals surface area contributed by atoms with Crippen LogP contribution in [0.2, 0.25) is 10.0 Å². The Balaban J connectivity index is 1.52. The lowest BCUT2D eigenvalue weighted by Gasteiger charge is -2.14. The SMILES string of the molecule is Nc1c(NNC(=O)COc2ccc(Cl)cc2Cl)ncnc1NNC(=O)c1ccc(Br)cc1. The standard InChI is InChI=1S/C19H16BrCl2N7O3/c20-11-3-1-10(2-4-11)19(31)29-28-18-16(23)17(24-9-25-18)27-26-15(30)8-32-14-6-5-12(21)7-13(14)22/h1-7,9H,8,23H2,(H,26,30)(H,29,31)(H2,24,25,27,28). The molecule has 0 aliphatic heterocycles. The van der Waals surface area contributed by atoms with Gasteiger partial charge in [0.25, 0.3) is 11.8 Å². The first-order valence-corrected chi connectivity index (χ1v) is 10.4. The van der Waals surface area contributed by atoms with Crippen molar-refractivity contribution in [3.05, 3.63) is 68.9 Å². The number of carbonyl (C=O) groups is 2. The van der Waals surface area contributed by atoms with Gasteiger partial charge in [-0.25, -0.2) is 9.97 Å². The fourth-order valence-corrected chi connectivity index (χ4v) is 3.01. The maximum absolute atomic E-state index is 12.2. The van der Waals surface area contributed by atoms with Crippen LogP contribution in [0, 0.1) is 0 Å². The molecule has 6 N–H and O–H groups in total. The fourth-order valence-electron chi connectivity index (χ4n) is 2.28. The number of anilines is 3. The summed E-state index contributed by atoms with van der Waals surface area (Å²) in [7, 11) is 0. The van der Waals surface area contributed by atoms with Crippen molar-refractivity contribution in [3.63, 3.8) is 0 Å². The smallest absolute Gasteiger partial charge is 0.276 e. The Hall–Kier alpha value is -3.28. The minimum absolute atomic E-state index is 0.0607. The predicted molar refractivity (Wildman–Crippen MR) is 125 cm³/mol. The number of nitrogens with two attached hydrogens (primary N) is 1. The molecule has 2 amide bonds. The molecule has 0 unspecified atom stereocenters. The van der Waals surface area contributed by atoms with Crippen molar-refractivity contribution in [2.75, 3.05) is 23.2 Å². The molecule has 1 aromatic heterocycles. The molecule has 0 aliphatic rings. The lowest BCUT2D eigenvalue weighted by molar-refractivity contribution is -0.122. The van der Waals surface area contributed by atoms with Crippen molar-refractivity contribution in [1.29, 1.82) is 0 Å². The molecule has 0 saturated heterocycles. The number of carbonyl (C=O) groups excluding carboxylic acids is 2. The van der Waals surface area contributed by atoms with Gasteiger partial charge in [0.15, 0.2) is 18.2 Å². The van der Waals surface area contributed by atoms with Gasteiger partial charge in [-0.05, 0) is 42.5 Å². The maximum atomic E-state index is 12.2. The van der Waals surface area contributed by atoms with Crippen LogP contribution < -0.4 is 32.2 Å². The molecular formula is C19H16BrCl2N7O3. The average molecular weight is 541 g/mol. The molecule has 0 fully saturated rings. The number of ether oxygens (including phenoxy) is 1. The largest absolute Gasteiger partial charge is 0.482 e. The number of nitrogens with zero attached hydrogens (tertiary/aromatic N) is 2. The van der Waals surface area contributed by atoms with Crippen LogP contribution in [-0.2, 0) is 4.79 Å². The van der Waals surface area contributed by atoms with Gasteiger partial charge in [-0.1, -0.05) is 39.1 Å². The van der Waals surface area contributed by atoms with E-state index in [1.165, 1.54) is 12.4 Å². The number of hydrogen-bond donors (Lipinski definition) is 5. The highest BCUT2D eigenvalue weighted by Crippen LogP contribution is 2.27. The molecule has 0 radical (unpaired) electrons. The van der Waals surface area contributed by atoms with E-state index in [0.717, 1.165) is 4.47 Å². The quantitative estimate of drug-likeness (QED) is 0.273. The van der Waals surface area contributed by atoms with Crippen LogP contribution in [0.15, 0.2) is 53.3 Å². The molecule has 3 rings (SSSR count). The summed E-state index contributed by atoms with van der Waals surface area (Å²) in [5, 5.41) is 0.726. The normalized spacial score (nSPS) is 10.2. The summed E-state index contributed by atoms with van der Waals surface area (Å²) in [4.78, 5) is 32.1. The molecule has 0 spiro atoms. The van der Waals surface area contributed by atoms with Crippen molar-refractivity contribution in [1.82, 2.24) is 20.8 Å². The van der Waals surface area contributed by atoms with Crippen LogP contribution in [0.1, 0.15) is 10.4 Å². The van der Waals surface area contributed by atoms with Gasteiger partial charge >= 0.3 is 0 Å². The van der Waals surface area contributed by atoms with E-state index < -0.39 is 11.8 Å². The summed E-state index contributed by atoms with van der Waals surface area (Å²) in [6.07, 6.45) is 1.20. The third-order valence-corrected chi connectivity index (χ3v) is 4.92. The van der Waals surface area contributed by atoms with E-state index in [4.69, 9.17) is 33.7 Å². The fraction of sp³-hybridized carbons (Fsp3) is 0.0526. The van der Waals surface area contributed by atoms with E-state index in [9.17, 15) is 9.59 Å². The number of nitrogens with one attached hydrogen (secondary N) is 4. The first-order chi connectivity index (χ1) is 15.3. The maximum Gasteiger partial charge on any atom is 0.276 e. The second-order valence-corrected chi connectivity index (χ2v) is 7.87. The highest BCUT2D eigenvalue weighted by atomic mass is 79.9. The number of rotatable bonds is 8. The molecule has 0 atom stereocenters. The van der Waals surface area contributed by atoms with Crippen LogP contribution in [0.4, 0.5) is 17.3 Å². The molecule has 0 bridgehead atoms. The minimum Gasteiger partial charge on any atom is -0.482 e. The lowest BCUT2D eigenvalue weighted by Crippen LogP contribution is -2.35. The second-order valence-electron chi connectivity index (χ2n) is 6.11. The number of aromatic nitrogens is 2. The minimum atomic E-state index is -0.521. The van der Waals surface area contributed by atoms with Crippen LogP contribution >= 0.6 is 39.1 Å². The first kappa shape index (κ1) is 23.4. The summed E-state index contributed by atoms with van der Waals surface area (Å²) in [6.45, 7) is -0.326. The number of halogens is 3. The Labute approximate surface area is 200 Å². The van der Waals surface area contributed by atoms with E-state index in [1.807, 2.05) is 0 Å². The van der Waals surface area contributed by atoms with Gasteiger partial charge in [0.2, 0.25) is 0 Å². The van der Waals surface area contributed by atoms with Crippen LogP contribution in [0.25, 0.3) is 0 Å². The Bertz CT molecular complexity index is 1130. The van der Waals surface area contributed by atoms with Crippen LogP contribution in [-0.4, -0.2) is 28.4 Å². The molecule has 1 heterocycles. The van der Waals surface area contributed by atoms with Gasteiger partial charge in [0.1, 0.15) is 17.8 Å². The number of hydrazine groups is 2. The van der Waals surface area contributed by atoms with Crippen LogP contribution in [0.5, 0.6) is 5.75 Å². The first-order valence-electron chi connectivity index (χ1n) is 8.88. The summed E-state index contributed by atoms with van der Waals surface area (Å²) < 4.78 is 6.19. The average Bonchev–Trinajstić information content (AvgIpc) is 2.77.